The molecule has 0 saturated heterocycles. The number of esters is 1. The summed E-state index contributed by atoms with van der Waals surface area (Å²) in [5.74, 6) is -0.706. The van der Waals surface area contributed by atoms with Crippen LogP contribution in [-0.2, 0) is 14.3 Å². The molecule has 0 bridgehead atoms. The summed E-state index contributed by atoms with van der Waals surface area (Å²) in [5, 5.41) is 2.83. The van der Waals surface area contributed by atoms with E-state index in [4.69, 9.17) is 4.74 Å². The largest absolute Gasteiger partial charge is 0.456 e. The summed E-state index contributed by atoms with van der Waals surface area (Å²) in [7, 11) is 0. The fourth-order valence-electron chi connectivity index (χ4n) is 3.00. The molecule has 28 heavy (non-hydrogen) atoms. The Balaban J connectivity index is 1.54. The van der Waals surface area contributed by atoms with Crippen molar-refractivity contribution < 1.29 is 14.3 Å². The number of hydrogen-bond acceptors (Lipinski definition) is 3. The van der Waals surface area contributed by atoms with Gasteiger partial charge in [0.25, 0.3) is 5.91 Å². The third-order valence-corrected chi connectivity index (χ3v) is 4.49. The maximum absolute atomic E-state index is 12.3. The Kier molecular flexibility index (Phi) is 6.58. The Morgan fingerprint density at radius 1 is 0.857 bits per heavy atom. The third kappa shape index (κ3) is 5.30. The summed E-state index contributed by atoms with van der Waals surface area (Å²) in [6.07, 6.45) is 0.234. The van der Waals surface area contributed by atoms with Gasteiger partial charge in [-0.15, -0.1) is 0 Å². The van der Waals surface area contributed by atoms with Gasteiger partial charge in [-0.1, -0.05) is 85.8 Å². The molecule has 0 unspecified atom stereocenters. The molecule has 4 heteroatoms. The summed E-state index contributed by atoms with van der Waals surface area (Å²) in [4.78, 5) is 24.3. The number of ether oxygens (including phenoxy) is 1. The number of nitrogens with one attached hydrogen (secondary N) is 1. The highest BCUT2D eigenvalue weighted by atomic mass is 16.5. The zero-order valence-electron chi connectivity index (χ0n) is 15.8. The van der Waals surface area contributed by atoms with Crippen molar-refractivity contribution in [2.24, 2.45) is 0 Å². The molecule has 3 rings (SSSR count). The molecule has 0 spiro atoms. The van der Waals surface area contributed by atoms with Gasteiger partial charge in [0, 0.05) is 11.3 Å². The first-order valence-corrected chi connectivity index (χ1v) is 9.28. The number of anilines is 1. The number of amides is 1. The van der Waals surface area contributed by atoms with Gasteiger partial charge in [-0.3, -0.25) is 9.59 Å². The van der Waals surface area contributed by atoms with Crippen LogP contribution in [0.1, 0.15) is 24.8 Å². The number of rotatable bonds is 7. The van der Waals surface area contributed by atoms with Crippen molar-refractivity contribution in [3.8, 4) is 11.1 Å². The standard InChI is InChI=1S/C24H23NO3/c1-18(19-10-4-2-5-11-19)16-24(27)28-17-23(26)25-22-15-9-8-14-21(22)20-12-6-3-7-13-20/h2-15,18H,16-17H2,1H3,(H,25,26)/t18-/m0/s1. The van der Waals surface area contributed by atoms with Crippen molar-refractivity contribution in [1.82, 2.24) is 0 Å². The van der Waals surface area contributed by atoms with Crippen LogP contribution in [0.25, 0.3) is 11.1 Å². The molecule has 1 N–H and O–H groups in total. The molecule has 0 aliphatic carbocycles. The van der Waals surface area contributed by atoms with Crippen LogP contribution in [0.2, 0.25) is 0 Å². The second kappa shape index (κ2) is 9.51. The molecule has 3 aromatic rings. The Morgan fingerprint density at radius 2 is 1.46 bits per heavy atom. The van der Waals surface area contributed by atoms with E-state index < -0.39 is 0 Å². The predicted octanol–water partition coefficient (Wildman–Crippen LogP) is 5.03. The lowest BCUT2D eigenvalue weighted by atomic mass is 9.98. The molecule has 1 atom stereocenters. The lowest BCUT2D eigenvalue weighted by Gasteiger charge is -2.13. The quantitative estimate of drug-likeness (QED) is 0.591. The summed E-state index contributed by atoms with van der Waals surface area (Å²) in [6, 6.07) is 27.1. The topological polar surface area (TPSA) is 55.4 Å². The molecule has 0 aliphatic heterocycles. The van der Waals surface area contributed by atoms with E-state index in [1.807, 2.05) is 91.9 Å². The van der Waals surface area contributed by atoms with Crippen LogP contribution in [0.15, 0.2) is 84.9 Å². The third-order valence-electron chi connectivity index (χ3n) is 4.49. The molecule has 0 heterocycles. The molecular formula is C24H23NO3. The molecule has 0 aliphatic rings. The van der Waals surface area contributed by atoms with Crippen molar-refractivity contribution in [1.29, 1.82) is 0 Å². The zero-order valence-corrected chi connectivity index (χ0v) is 15.8. The average Bonchev–Trinajstić information content (AvgIpc) is 2.74. The molecule has 142 valence electrons. The van der Waals surface area contributed by atoms with Gasteiger partial charge in [-0.25, -0.2) is 0 Å². The highest BCUT2D eigenvalue weighted by molar-refractivity contribution is 5.96. The van der Waals surface area contributed by atoms with E-state index in [1.165, 1.54) is 0 Å². The first-order valence-electron chi connectivity index (χ1n) is 9.28. The van der Waals surface area contributed by atoms with Crippen molar-refractivity contribution >= 4 is 17.6 Å². The van der Waals surface area contributed by atoms with Crippen LogP contribution in [0.3, 0.4) is 0 Å². The van der Waals surface area contributed by atoms with Gasteiger partial charge < -0.3 is 10.1 Å². The number of hydrogen-bond donors (Lipinski definition) is 1. The molecule has 0 radical (unpaired) electrons. The van der Waals surface area contributed by atoms with Gasteiger partial charge in [0.15, 0.2) is 6.61 Å². The molecule has 0 fully saturated rings. The van der Waals surface area contributed by atoms with Crippen LogP contribution in [0.5, 0.6) is 0 Å². The smallest absolute Gasteiger partial charge is 0.306 e. The summed E-state index contributed by atoms with van der Waals surface area (Å²) in [6.45, 7) is 1.66. The van der Waals surface area contributed by atoms with Gasteiger partial charge in [-0.2, -0.15) is 0 Å². The van der Waals surface area contributed by atoms with Crippen molar-refractivity contribution in [3.63, 3.8) is 0 Å². The monoisotopic (exact) mass is 373 g/mol. The van der Waals surface area contributed by atoms with E-state index in [1.54, 1.807) is 0 Å². The molecular weight excluding hydrogens is 350 g/mol. The van der Waals surface area contributed by atoms with Gasteiger partial charge in [0.05, 0.1) is 6.42 Å². The first-order chi connectivity index (χ1) is 13.6. The molecule has 3 aromatic carbocycles. The van der Waals surface area contributed by atoms with Crippen molar-refractivity contribution in [2.75, 3.05) is 11.9 Å². The van der Waals surface area contributed by atoms with E-state index in [9.17, 15) is 9.59 Å². The Labute approximate surface area is 165 Å². The molecule has 4 nitrogen and oxygen atoms in total. The summed E-state index contributed by atoms with van der Waals surface area (Å²) >= 11 is 0. The van der Waals surface area contributed by atoms with Gasteiger partial charge in [0.1, 0.15) is 0 Å². The van der Waals surface area contributed by atoms with E-state index in [0.717, 1.165) is 16.7 Å². The Hall–Kier alpha value is -3.40. The average molecular weight is 373 g/mol. The zero-order chi connectivity index (χ0) is 19.8. The highest BCUT2D eigenvalue weighted by Crippen LogP contribution is 2.27. The summed E-state index contributed by atoms with van der Waals surface area (Å²) < 4.78 is 5.16. The van der Waals surface area contributed by atoms with Crippen LogP contribution >= 0.6 is 0 Å². The van der Waals surface area contributed by atoms with Crippen LogP contribution < -0.4 is 5.32 Å². The Bertz CT molecular complexity index is 923. The maximum Gasteiger partial charge on any atom is 0.306 e. The van der Waals surface area contributed by atoms with Gasteiger partial charge in [0.2, 0.25) is 0 Å². The number of benzene rings is 3. The van der Waals surface area contributed by atoms with Crippen LogP contribution in [-0.4, -0.2) is 18.5 Å². The lowest BCUT2D eigenvalue weighted by Crippen LogP contribution is -2.21. The Morgan fingerprint density at radius 3 is 2.18 bits per heavy atom. The van der Waals surface area contributed by atoms with E-state index in [0.29, 0.717) is 5.69 Å². The molecule has 0 saturated carbocycles. The fourth-order valence-corrected chi connectivity index (χ4v) is 3.00. The minimum atomic E-state index is -0.386. The summed E-state index contributed by atoms with van der Waals surface area (Å²) in [5.41, 5.74) is 3.68. The van der Waals surface area contributed by atoms with Crippen LogP contribution in [0.4, 0.5) is 5.69 Å². The second-order valence-electron chi connectivity index (χ2n) is 6.64. The van der Waals surface area contributed by atoms with E-state index in [2.05, 4.69) is 5.32 Å². The molecule has 0 aromatic heterocycles. The normalized spacial score (nSPS) is 11.5. The first kappa shape index (κ1) is 19.4. The highest BCUT2D eigenvalue weighted by Gasteiger charge is 2.14. The van der Waals surface area contributed by atoms with Gasteiger partial charge >= 0.3 is 5.97 Å². The minimum absolute atomic E-state index is 0.0376. The molecule has 1 amide bonds. The van der Waals surface area contributed by atoms with E-state index >= 15 is 0 Å². The second-order valence-corrected chi connectivity index (χ2v) is 6.64. The van der Waals surface area contributed by atoms with Crippen LogP contribution in [0, 0.1) is 0 Å². The van der Waals surface area contributed by atoms with E-state index in [-0.39, 0.29) is 30.8 Å². The van der Waals surface area contributed by atoms with Crippen molar-refractivity contribution in [3.05, 3.63) is 90.5 Å². The predicted molar refractivity (Wildman–Crippen MR) is 111 cm³/mol. The fraction of sp³-hybridized carbons (Fsp3) is 0.167. The number of carbonyl (C=O) groups excluding carboxylic acids is 2. The number of para-hydroxylation sites is 1. The lowest BCUT2D eigenvalue weighted by molar-refractivity contribution is -0.147. The SMILES string of the molecule is C[C@@H](CC(=O)OCC(=O)Nc1ccccc1-c1ccccc1)c1ccccc1. The number of carbonyl (C=O) groups is 2. The van der Waals surface area contributed by atoms with Gasteiger partial charge in [-0.05, 0) is 23.1 Å². The van der Waals surface area contributed by atoms with Crippen molar-refractivity contribution in [2.45, 2.75) is 19.3 Å². The minimum Gasteiger partial charge on any atom is -0.456 e. The maximum atomic E-state index is 12.3.